The molecule has 1 amide bonds. The van der Waals surface area contributed by atoms with Gasteiger partial charge >= 0.3 is 0 Å². The van der Waals surface area contributed by atoms with Crippen LogP contribution < -0.4 is 10.1 Å². The van der Waals surface area contributed by atoms with Crippen LogP contribution in [0.15, 0.2) is 97.5 Å². The first-order valence-electron chi connectivity index (χ1n) is 11.2. The third-order valence-electron chi connectivity index (χ3n) is 6.07. The van der Waals surface area contributed by atoms with E-state index in [9.17, 15) is 4.79 Å². The number of para-hydroxylation sites is 2. The molecular formula is C28H26N4O2. The Labute approximate surface area is 198 Å². The quantitative estimate of drug-likeness (QED) is 0.382. The summed E-state index contributed by atoms with van der Waals surface area (Å²) in [6.07, 6.45) is 5.54. The highest BCUT2D eigenvalue weighted by Gasteiger charge is 2.26. The number of amides is 1. The lowest BCUT2D eigenvalue weighted by Crippen LogP contribution is -2.31. The number of carbonyl (C=O) groups is 1. The molecule has 0 radical (unpaired) electrons. The van der Waals surface area contributed by atoms with Crippen LogP contribution in [-0.2, 0) is 13.6 Å². The number of imidazole rings is 1. The first-order valence-corrected chi connectivity index (χ1v) is 11.2. The van der Waals surface area contributed by atoms with Crippen LogP contribution in [0.2, 0.25) is 0 Å². The second-order valence-electron chi connectivity index (χ2n) is 8.22. The molecule has 2 heterocycles. The molecule has 6 nitrogen and oxygen atoms in total. The fraction of sp³-hybridized carbons (Fsp3) is 0.143. The summed E-state index contributed by atoms with van der Waals surface area (Å²) in [4.78, 5) is 18.2. The van der Waals surface area contributed by atoms with E-state index in [2.05, 4.69) is 27.0 Å². The van der Waals surface area contributed by atoms with Crippen LogP contribution in [-0.4, -0.2) is 27.1 Å². The fourth-order valence-corrected chi connectivity index (χ4v) is 4.39. The Kier molecular flexibility index (Phi) is 5.87. The Balaban J connectivity index is 1.54. The van der Waals surface area contributed by atoms with Crippen molar-refractivity contribution in [3.63, 3.8) is 0 Å². The van der Waals surface area contributed by atoms with Crippen LogP contribution in [0.25, 0.3) is 10.9 Å². The standard InChI is InChI=1S/C28H26N4O2/c1-31-17-16-29-27(31)26(22-13-7-9-15-25(22)34-2)30-28(33)23-19-32(18-20-10-4-3-5-11-20)24-14-8-6-12-21(23)24/h3-17,19,26H,18H2,1-2H3,(H,30,33). The van der Waals surface area contributed by atoms with E-state index < -0.39 is 6.04 Å². The smallest absolute Gasteiger partial charge is 0.254 e. The van der Waals surface area contributed by atoms with Gasteiger partial charge in [0.05, 0.1) is 12.7 Å². The summed E-state index contributed by atoms with van der Waals surface area (Å²) in [5.74, 6) is 1.26. The van der Waals surface area contributed by atoms with E-state index >= 15 is 0 Å². The summed E-state index contributed by atoms with van der Waals surface area (Å²) in [5, 5.41) is 4.13. The number of ether oxygens (including phenoxy) is 1. The van der Waals surface area contributed by atoms with Gasteiger partial charge in [-0.15, -0.1) is 0 Å². The van der Waals surface area contributed by atoms with Gasteiger partial charge in [0, 0.05) is 48.6 Å². The van der Waals surface area contributed by atoms with Crippen molar-refractivity contribution in [2.45, 2.75) is 12.6 Å². The largest absolute Gasteiger partial charge is 0.496 e. The molecule has 0 aliphatic rings. The summed E-state index contributed by atoms with van der Waals surface area (Å²) in [6.45, 7) is 0.684. The molecule has 1 N–H and O–H groups in total. The zero-order valence-corrected chi connectivity index (χ0v) is 19.2. The number of aryl methyl sites for hydroxylation is 1. The van der Waals surface area contributed by atoms with Gasteiger partial charge in [0.1, 0.15) is 17.6 Å². The topological polar surface area (TPSA) is 61.1 Å². The molecule has 5 rings (SSSR count). The van der Waals surface area contributed by atoms with Crippen molar-refractivity contribution in [1.29, 1.82) is 0 Å². The number of benzene rings is 3. The molecule has 170 valence electrons. The summed E-state index contributed by atoms with van der Waals surface area (Å²) >= 11 is 0. The van der Waals surface area contributed by atoms with Gasteiger partial charge in [-0.25, -0.2) is 4.98 Å². The van der Waals surface area contributed by atoms with Crippen molar-refractivity contribution in [2.24, 2.45) is 7.05 Å². The normalized spacial score (nSPS) is 11.9. The molecule has 1 atom stereocenters. The van der Waals surface area contributed by atoms with Gasteiger partial charge in [-0.1, -0.05) is 66.7 Å². The summed E-state index contributed by atoms with van der Waals surface area (Å²) < 4.78 is 9.64. The molecule has 0 aliphatic carbocycles. The number of nitrogens with zero attached hydrogens (tertiary/aromatic N) is 3. The Morgan fingerprint density at radius 3 is 2.50 bits per heavy atom. The van der Waals surface area contributed by atoms with Crippen molar-refractivity contribution in [2.75, 3.05) is 7.11 Å². The number of methoxy groups -OCH3 is 1. The maximum absolute atomic E-state index is 13.7. The van der Waals surface area contributed by atoms with E-state index in [4.69, 9.17) is 4.74 Å². The molecule has 34 heavy (non-hydrogen) atoms. The number of nitrogens with one attached hydrogen (secondary N) is 1. The molecule has 5 aromatic rings. The average molecular weight is 451 g/mol. The van der Waals surface area contributed by atoms with E-state index in [1.54, 1.807) is 13.3 Å². The van der Waals surface area contributed by atoms with Crippen LogP contribution in [0.1, 0.15) is 33.4 Å². The van der Waals surface area contributed by atoms with E-state index in [0.29, 0.717) is 17.9 Å². The molecule has 0 bridgehead atoms. The van der Waals surface area contributed by atoms with E-state index in [1.165, 1.54) is 5.56 Å². The minimum Gasteiger partial charge on any atom is -0.496 e. The second kappa shape index (κ2) is 9.27. The highest BCUT2D eigenvalue weighted by atomic mass is 16.5. The molecule has 2 aromatic heterocycles. The van der Waals surface area contributed by atoms with Crippen LogP contribution in [0.4, 0.5) is 0 Å². The summed E-state index contributed by atoms with van der Waals surface area (Å²) in [6, 6.07) is 25.5. The third-order valence-corrected chi connectivity index (χ3v) is 6.07. The lowest BCUT2D eigenvalue weighted by molar-refractivity contribution is 0.0942. The SMILES string of the molecule is COc1ccccc1C(NC(=O)c1cn(Cc2ccccc2)c2ccccc12)c1nccn1C. The molecule has 0 saturated carbocycles. The van der Waals surface area contributed by atoms with Crippen molar-refractivity contribution >= 4 is 16.8 Å². The molecule has 1 unspecified atom stereocenters. The maximum atomic E-state index is 13.7. The molecule has 0 saturated heterocycles. The number of carbonyl (C=O) groups excluding carboxylic acids is 1. The minimum atomic E-state index is -0.472. The van der Waals surface area contributed by atoms with E-state index in [-0.39, 0.29) is 5.91 Å². The second-order valence-corrected chi connectivity index (χ2v) is 8.22. The molecule has 0 aliphatic heterocycles. The third kappa shape index (κ3) is 4.06. The minimum absolute atomic E-state index is 0.165. The average Bonchev–Trinajstić information content (AvgIpc) is 3.47. The van der Waals surface area contributed by atoms with Crippen molar-refractivity contribution in [3.05, 3.63) is 120 Å². The van der Waals surface area contributed by atoms with Gasteiger partial charge in [0.25, 0.3) is 5.91 Å². The summed E-state index contributed by atoms with van der Waals surface area (Å²) in [5.41, 5.74) is 3.67. The number of rotatable bonds is 7. The Morgan fingerprint density at radius 1 is 1.00 bits per heavy atom. The van der Waals surface area contributed by atoms with Crippen molar-refractivity contribution in [3.8, 4) is 5.75 Å². The van der Waals surface area contributed by atoms with Gasteiger partial charge in [0.2, 0.25) is 0 Å². The van der Waals surface area contributed by atoms with Gasteiger partial charge < -0.3 is 19.2 Å². The Morgan fingerprint density at radius 2 is 1.74 bits per heavy atom. The lowest BCUT2D eigenvalue weighted by atomic mass is 10.0. The number of aromatic nitrogens is 3. The zero-order chi connectivity index (χ0) is 23.5. The monoisotopic (exact) mass is 450 g/mol. The predicted molar refractivity (Wildman–Crippen MR) is 133 cm³/mol. The Bertz CT molecular complexity index is 1440. The maximum Gasteiger partial charge on any atom is 0.254 e. The van der Waals surface area contributed by atoms with Gasteiger partial charge in [-0.05, 0) is 17.7 Å². The predicted octanol–water partition coefficient (Wildman–Crippen LogP) is 4.95. The molecular weight excluding hydrogens is 424 g/mol. The lowest BCUT2D eigenvalue weighted by Gasteiger charge is -2.21. The van der Waals surface area contributed by atoms with Crippen molar-refractivity contribution < 1.29 is 9.53 Å². The highest BCUT2D eigenvalue weighted by Crippen LogP contribution is 2.30. The van der Waals surface area contributed by atoms with Crippen LogP contribution in [0.3, 0.4) is 0 Å². The molecule has 0 fully saturated rings. The number of fused-ring (bicyclic) bond motifs is 1. The number of hydrogen-bond donors (Lipinski definition) is 1. The zero-order valence-electron chi connectivity index (χ0n) is 19.2. The molecule has 6 heteroatoms. The molecule has 3 aromatic carbocycles. The Hall–Kier alpha value is -4.32. The first kappa shape index (κ1) is 21.5. The van der Waals surface area contributed by atoms with Gasteiger partial charge in [-0.2, -0.15) is 0 Å². The van der Waals surface area contributed by atoms with Gasteiger partial charge in [-0.3, -0.25) is 4.79 Å². The van der Waals surface area contributed by atoms with Crippen molar-refractivity contribution in [1.82, 2.24) is 19.4 Å². The number of hydrogen-bond acceptors (Lipinski definition) is 3. The fourth-order valence-electron chi connectivity index (χ4n) is 4.39. The van der Waals surface area contributed by atoms with Crippen LogP contribution in [0.5, 0.6) is 5.75 Å². The van der Waals surface area contributed by atoms with E-state index in [1.807, 2.05) is 90.7 Å². The van der Waals surface area contributed by atoms with Gasteiger partial charge in [0.15, 0.2) is 0 Å². The first-order chi connectivity index (χ1) is 16.7. The highest BCUT2D eigenvalue weighted by molar-refractivity contribution is 6.07. The van der Waals surface area contributed by atoms with Crippen LogP contribution in [0, 0.1) is 0 Å². The van der Waals surface area contributed by atoms with E-state index in [0.717, 1.165) is 22.3 Å². The summed E-state index contributed by atoms with van der Waals surface area (Å²) in [7, 11) is 3.55. The molecule has 0 spiro atoms. The van der Waals surface area contributed by atoms with Crippen LogP contribution >= 0.6 is 0 Å².